The molecule has 2 aromatic heterocycles. The van der Waals surface area contributed by atoms with E-state index in [1.165, 1.54) is 0 Å². The Balaban J connectivity index is 2.08. The largest absolute Gasteiger partial charge is 0.296 e. The normalized spacial score (nSPS) is 10.8. The number of nitrogens with one attached hydrogen (secondary N) is 1. The fourth-order valence-electron chi connectivity index (χ4n) is 3.12. The number of hydrogen-bond donors (Lipinski definition) is 1. The zero-order chi connectivity index (χ0) is 18.3. The Kier molecular flexibility index (Phi) is 3.83. The molecule has 26 heavy (non-hydrogen) atoms. The van der Waals surface area contributed by atoms with Gasteiger partial charge in [-0.25, -0.2) is 9.50 Å². The number of aryl methyl sites for hydroxylation is 1. The molecule has 0 aliphatic heterocycles. The highest BCUT2D eigenvalue weighted by atomic mass is 35.5. The predicted octanol–water partition coefficient (Wildman–Crippen LogP) is 4.19. The van der Waals surface area contributed by atoms with Gasteiger partial charge in [0.1, 0.15) is 11.8 Å². The van der Waals surface area contributed by atoms with E-state index in [0.29, 0.717) is 27.5 Å². The number of fused-ring (bicyclic) bond motifs is 1. The zero-order valence-electron chi connectivity index (χ0n) is 13.8. The Hall–Kier alpha value is -3.36. The van der Waals surface area contributed by atoms with E-state index >= 15 is 0 Å². The maximum Gasteiger partial charge on any atom is 0.232 e. The Morgan fingerprint density at radius 2 is 1.85 bits per heavy atom. The number of aromatic nitrogens is 3. The van der Waals surface area contributed by atoms with Gasteiger partial charge in [0.05, 0.1) is 5.56 Å². The molecule has 0 spiro atoms. The third kappa shape index (κ3) is 2.48. The van der Waals surface area contributed by atoms with E-state index < -0.39 is 0 Å². The first-order valence-electron chi connectivity index (χ1n) is 7.97. The molecular weight excluding hydrogens is 348 g/mol. The molecule has 0 saturated carbocycles. The number of nitriles is 1. The van der Waals surface area contributed by atoms with Crippen molar-refractivity contribution in [3.63, 3.8) is 0 Å². The number of hydrogen-bond acceptors (Lipinski definition) is 3. The van der Waals surface area contributed by atoms with Gasteiger partial charge in [-0.3, -0.25) is 9.89 Å². The Labute approximate surface area is 154 Å². The number of benzene rings is 2. The van der Waals surface area contributed by atoms with Crippen molar-refractivity contribution in [3.8, 4) is 28.5 Å². The molecule has 1 N–H and O–H groups in total. The van der Waals surface area contributed by atoms with Crippen molar-refractivity contribution in [1.82, 2.24) is 14.6 Å². The van der Waals surface area contributed by atoms with Crippen LogP contribution in [0.15, 0.2) is 59.4 Å². The Morgan fingerprint density at radius 3 is 2.54 bits per heavy atom. The molecular formula is C20H13ClN4O. The van der Waals surface area contributed by atoms with Gasteiger partial charge in [-0.2, -0.15) is 5.26 Å². The maximum absolute atomic E-state index is 13.1. The zero-order valence-corrected chi connectivity index (χ0v) is 14.6. The smallest absolute Gasteiger partial charge is 0.232 e. The van der Waals surface area contributed by atoms with Crippen LogP contribution in [0.4, 0.5) is 0 Å². The van der Waals surface area contributed by atoms with Crippen LogP contribution in [0.25, 0.3) is 28.0 Å². The van der Waals surface area contributed by atoms with Crippen LogP contribution in [0.5, 0.6) is 0 Å². The molecule has 0 fully saturated rings. The van der Waals surface area contributed by atoms with E-state index in [0.717, 1.165) is 5.56 Å². The summed E-state index contributed by atoms with van der Waals surface area (Å²) in [6.07, 6.45) is 0. The van der Waals surface area contributed by atoms with Crippen LogP contribution in [0, 0.1) is 18.3 Å². The molecule has 4 aromatic rings. The topological polar surface area (TPSA) is 73.9 Å². The molecule has 0 atom stereocenters. The second-order valence-electron chi connectivity index (χ2n) is 5.90. The number of nitrogens with zero attached hydrogens (tertiary/aromatic N) is 3. The Bertz CT molecular complexity index is 1230. The molecule has 0 aliphatic carbocycles. The van der Waals surface area contributed by atoms with Crippen LogP contribution >= 0.6 is 11.6 Å². The fourth-order valence-corrected chi connectivity index (χ4v) is 3.31. The molecule has 126 valence electrons. The number of aromatic amines is 1. The quantitative estimate of drug-likeness (QED) is 0.582. The number of rotatable bonds is 2. The fraction of sp³-hybridized carbons (Fsp3) is 0.0500. The van der Waals surface area contributed by atoms with Gasteiger partial charge < -0.3 is 0 Å². The summed E-state index contributed by atoms with van der Waals surface area (Å²) >= 11 is 6.07. The van der Waals surface area contributed by atoms with Gasteiger partial charge in [0, 0.05) is 16.3 Å². The maximum atomic E-state index is 13.1. The minimum absolute atomic E-state index is 0.181. The lowest BCUT2D eigenvalue weighted by molar-refractivity contribution is 0.902. The molecule has 0 radical (unpaired) electrons. The molecule has 0 bridgehead atoms. The average molecular weight is 361 g/mol. The lowest BCUT2D eigenvalue weighted by atomic mass is 10.0. The van der Waals surface area contributed by atoms with E-state index in [9.17, 15) is 10.1 Å². The van der Waals surface area contributed by atoms with Gasteiger partial charge in [0.25, 0.3) is 0 Å². The van der Waals surface area contributed by atoms with E-state index in [1.54, 1.807) is 22.7 Å². The second-order valence-corrected chi connectivity index (χ2v) is 6.33. The van der Waals surface area contributed by atoms with Gasteiger partial charge >= 0.3 is 0 Å². The summed E-state index contributed by atoms with van der Waals surface area (Å²) in [4.78, 5) is 17.4. The summed E-state index contributed by atoms with van der Waals surface area (Å²) in [5.74, 6) is 0. The van der Waals surface area contributed by atoms with Crippen LogP contribution < -0.4 is 5.43 Å². The summed E-state index contributed by atoms with van der Waals surface area (Å²) in [5.41, 5.74) is 3.39. The van der Waals surface area contributed by atoms with Crippen LogP contribution in [-0.2, 0) is 0 Å². The average Bonchev–Trinajstić information content (AvgIpc) is 3.01. The first-order chi connectivity index (χ1) is 12.6. The van der Waals surface area contributed by atoms with Crippen molar-refractivity contribution in [3.05, 3.63) is 81.2 Å². The highest BCUT2D eigenvalue weighted by Crippen LogP contribution is 2.26. The second kappa shape index (κ2) is 6.17. The van der Waals surface area contributed by atoms with Crippen LogP contribution in [0.1, 0.15) is 11.4 Å². The van der Waals surface area contributed by atoms with Crippen LogP contribution in [-0.4, -0.2) is 14.6 Å². The molecule has 0 saturated heterocycles. The van der Waals surface area contributed by atoms with Crippen molar-refractivity contribution in [2.24, 2.45) is 0 Å². The van der Waals surface area contributed by atoms with E-state index in [2.05, 4.69) is 16.2 Å². The van der Waals surface area contributed by atoms with Gasteiger partial charge in [-0.05, 0) is 24.6 Å². The van der Waals surface area contributed by atoms with E-state index in [1.807, 2.05) is 43.3 Å². The molecule has 2 aromatic carbocycles. The first-order valence-corrected chi connectivity index (χ1v) is 8.34. The van der Waals surface area contributed by atoms with Crippen molar-refractivity contribution >= 4 is 17.2 Å². The summed E-state index contributed by atoms with van der Waals surface area (Å²) in [7, 11) is 0. The standard InChI is InChI=1S/C20H13ClN4O/c1-12-17(14-8-5-9-15(21)10-14)19(26)20-23-16(11-22)18(25(20)24-12)13-6-3-2-4-7-13/h2-10,24H,1H3. The lowest BCUT2D eigenvalue weighted by Crippen LogP contribution is -2.14. The summed E-state index contributed by atoms with van der Waals surface area (Å²) in [6.45, 7) is 1.82. The molecule has 6 heteroatoms. The third-order valence-corrected chi connectivity index (χ3v) is 4.46. The molecule has 5 nitrogen and oxygen atoms in total. The first kappa shape index (κ1) is 16.1. The molecule has 4 rings (SSSR count). The number of H-pyrrole nitrogens is 1. The van der Waals surface area contributed by atoms with Gasteiger partial charge in [-0.15, -0.1) is 0 Å². The Morgan fingerprint density at radius 1 is 1.12 bits per heavy atom. The third-order valence-electron chi connectivity index (χ3n) is 4.23. The molecule has 2 heterocycles. The van der Waals surface area contributed by atoms with Crippen molar-refractivity contribution in [2.45, 2.75) is 6.92 Å². The monoisotopic (exact) mass is 360 g/mol. The van der Waals surface area contributed by atoms with Gasteiger partial charge in [0.2, 0.25) is 11.1 Å². The number of imidazole rings is 1. The van der Waals surface area contributed by atoms with E-state index in [-0.39, 0.29) is 16.8 Å². The minimum atomic E-state index is -0.248. The highest BCUT2D eigenvalue weighted by molar-refractivity contribution is 6.30. The van der Waals surface area contributed by atoms with Gasteiger partial charge in [0.15, 0.2) is 5.69 Å². The SMILES string of the molecule is Cc1[nH]n2c(-c3ccccc3)c(C#N)nc2c(=O)c1-c1cccc(Cl)c1. The van der Waals surface area contributed by atoms with E-state index in [4.69, 9.17) is 11.6 Å². The van der Waals surface area contributed by atoms with Crippen LogP contribution in [0.2, 0.25) is 5.02 Å². The molecule has 0 unspecified atom stereocenters. The summed E-state index contributed by atoms with van der Waals surface area (Å²) in [6, 6.07) is 18.6. The lowest BCUT2D eigenvalue weighted by Gasteiger charge is -2.09. The minimum Gasteiger partial charge on any atom is -0.296 e. The summed E-state index contributed by atoms with van der Waals surface area (Å²) in [5, 5.41) is 13.3. The molecule has 0 amide bonds. The summed E-state index contributed by atoms with van der Waals surface area (Å²) < 4.78 is 1.58. The predicted molar refractivity (Wildman–Crippen MR) is 101 cm³/mol. The van der Waals surface area contributed by atoms with Crippen molar-refractivity contribution in [1.29, 1.82) is 5.26 Å². The number of halogens is 1. The highest BCUT2D eigenvalue weighted by Gasteiger charge is 2.20. The van der Waals surface area contributed by atoms with Crippen molar-refractivity contribution < 1.29 is 0 Å². The van der Waals surface area contributed by atoms with Crippen molar-refractivity contribution in [2.75, 3.05) is 0 Å². The van der Waals surface area contributed by atoms with Crippen LogP contribution in [0.3, 0.4) is 0 Å². The van der Waals surface area contributed by atoms with Gasteiger partial charge in [-0.1, -0.05) is 54.1 Å². The molecule has 0 aliphatic rings.